The predicted octanol–water partition coefficient (Wildman–Crippen LogP) is 3.62. The predicted molar refractivity (Wildman–Crippen MR) is 98.2 cm³/mol. The van der Waals surface area contributed by atoms with E-state index < -0.39 is 0 Å². The molecule has 0 radical (unpaired) electrons. The minimum atomic E-state index is -0.113. The molecule has 1 saturated heterocycles. The molecule has 1 aromatic carbocycles. The van der Waals surface area contributed by atoms with Crippen molar-refractivity contribution in [2.24, 2.45) is 5.92 Å². The summed E-state index contributed by atoms with van der Waals surface area (Å²) in [6.45, 7) is 6.05. The van der Waals surface area contributed by atoms with Crippen LogP contribution in [0, 0.1) is 5.92 Å². The van der Waals surface area contributed by atoms with Crippen molar-refractivity contribution in [1.82, 2.24) is 9.88 Å². The van der Waals surface area contributed by atoms with Gasteiger partial charge in [0.1, 0.15) is 0 Å². The number of amides is 1. The van der Waals surface area contributed by atoms with Crippen molar-refractivity contribution < 1.29 is 9.53 Å². The van der Waals surface area contributed by atoms with Gasteiger partial charge in [-0.1, -0.05) is 37.3 Å². The molecule has 0 bridgehead atoms. The highest BCUT2D eigenvalue weighted by molar-refractivity contribution is 5.80. The van der Waals surface area contributed by atoms with Gasteiger partial charge in [0.25, 0.3) is 0 Å². The van der Waals surface area contributed by atoms with Gasteiger partial charge in [0.15, 0.2) is 0 Å². The second-order valence-electron chi connectivity index (χ2n) is 6.47. The molecular weight excluding hydrogens is 312 g/mol. The quantitative estimate of drug-likeness (QED) is 0.808. The lowest BCUT2D eigenvalue weighted by molar-refractivity contribution is -0.137. The SMILES string of the molecule is CCc1ccc([C@H](c2cccnc2)N(CC)C(=O)[C@@H]2CCOC2)cc1. The first kappa shape index (κ1) is 17.6. The first-order valence-electron chi connectivity index (χ1n) is 9.11. The molecule has 1 amide bonds. The monoisotopic (exact) mass is 338 g/mol. The lowest BCUT2D eigenvalue weighted by Crippen LogP contribution is -2.39. The summed E-state index contributed by atoms with van der Waals surface area (Å²) in [6.07, 6.45) is 5.45. The highest BCUT2D eigenvalue weighted by atomic mass is 16.5. The van der Waals surface area contributed by atoms with Crippen molar-refractivity contribution in [3.63, 3.8) is 0 Å². The molecule has 0 spiro atoms. The fraction of sp³-hybridized carbons (Fsp3) is 0.429. The number of rotatable bonds is 6. The van der Waals surface area contributed by atoms with Crippen LogP contribution in [0.25, 0.3) is 0 Å². The van der Waals surface area contributed by atoms with Crippen LogP contribution >= 0.6 is 0 Å². The van der Waals surface area contributed by atoms with Crippen LogP contribution in [0.3, 0.4) is 0 Å². The molecule has 25 heavy (non-hydrogen) atoms. The van der Waals surface area contributed by atoms with Crippen molar-refractivity contribution in [3.05, 3.63) is 65.5 Å². The second kappa shape index (κ2) is 8.26. The van der Waals surface area contributed by atoms with Gasteiger partial charge in [0.05, 0.1) is 18.6 Å². The average Bonchev–Trinajstić information content (AvgIpc) is 3.21. The number of benzene rings is 1. The van der Waals surface area contributed by atoms with Crippen molar-refractivity contribution in [2.45, 2.75) is 32.7 Å². The van der Waals surface area contributed by atoms with E-state index in [1.54, 1.807) is 6.20 Å². The van der Waals surface area contributed by atoms with Crippen molar-refractivity contribution in [3.8, 4) is 0 Å². The zero-order chi connectivity index (χ0) is 17.6. The van der Waals surface area contributed by atoms with Crippen LogP contribution in [0.1, 0.15) is 43.0 Å². The summed E-state index contributed by atoms with van der Waals surface area (Å²) in [5, 5.41) is 0. The maximum Gasteiger partial charge on any atom is 0.228 e. The highest BCUT2D eigenvalue weighted by Gasteiger charge is 2.32. The standard InChI is InChI=1S/C21H26N2O2/c1-3-16-7-9-17(10-8-16)20(18-6-5-12-22-14-18)23(4-2)21(24)19-11-13-25-15-19/h5-10,12,14,19-20H,3-4,11,13,15H2,1-2H3/t19-,20-/m1/s1. The van der Waals surface area contributed by atoms with Crippen LogP contribution in [-0.2, 0) is 16.0 Å². The molecule has 4 nitrogen and oxygen atoms in total. The van der Waals surface area contributed by atoms with Crippen LogP contribution in [-0.4, -0.2) is 35.5 Å². The minimum Gasteiger partial charge on any atom is -0.381 e. The Labute approximate surface area is 149 Å². The molecule has 2 atom stereocenters. The van der Waals surface area contributed by atoms with E-state index in [1.807, 2.05) is 30.2 Å². The molecule has 0 saturated carbocycles. The zero-order valence-corrected chi connectivity index (χ0v) is 15.0. The van der Waals surface area contributed by atoms with Gasteiger partial charge in [0, 0.05) is 25.5 Å². The fourth-order valence-electron chi connectivity index (χ4n) is 3.46. The lowest BCUT2D eigenvalue weighted by atomic mass is 9.95. The van der Waals surface area contributed by atoms with Gasteiger partial charge >= 0.3 is 0 Å². The normalized spacial score (nSPS) is 18.1. The van der Waals surface area contributed by atoms with Crippen molar-refractivity contribution >= 4 is 5.91 Å². The molecule has 1 aliphatic rings. The van der Waals surface area contributed by atoms with Gasteiger partial charge < -0.3 is 9.64 Å². The van der Waals surface area contributed by atoms with E-state index in [1.165, 1.54) is 5.56 Å². The average molecular weight is 338 g/mol. The molecule has 1 aromatic heterocycles. The number of aromatic nitrogens is 1. The maximum absolute atomic E-state index is 13.1. The van der Waals surface area contributed by atoms with Gasteiger partial charge in [-0.2, -0.15) is 0 Å². The van der Waals surface area contributed by atoms with Crippen LogP contribution in [0.2, 0.25) is 0 Å². The van der Waals surface area contributed by atoms with Gasteiger partial charge in [-0.15, -0.1) is 0 Å². The van der Waals surface area contributed by atoms with E-state index in [0.717, 1.165) is 24.0 Å². The van der Waals surface area contributed by atoms with Crippen LogP contribution in [0.4, 0.5) is 0 Å². The summed E-state index contributed by atoms with van der Waals surface area (Å²) in [5.74, 6) is 0.141. The van der Waals surface area contributed by atoms with E-state index in [0.29, 0.717) is 19.8 Å². The van der Waals surface area contributed by atoms with Crippen LogP contribution in [0.5, 0.6) is 0 Å². The Morgan fingerprint density at radius 3 is 2.60 bits per heavy atom. The van der Waals surface area contributed by atoms with E-state index in [-0.39, 0.29) is 17.9 Å². The Balaban J connectivity index is 1.98. The first-order valence-corrected chi connectivity index (χ1v) is 9.11. The summed E-state index contributed by atoms with van der Waals surface area (Å²) in [7, 11) is 0. The number of nitrogens with zero attached hydrogens (tertiary/aromatic N) is 2. The van der Waals surface area contributed by atoms with E-state index in [9.17, 15) is 4.79 Å². The fourth-order valence-corrected chi connectivity index (χ4v) is 3.46. The summed E-state index contributed by atoms with van der Waals surface area (Å²) in [5.41, 5.74) is 3.47. The Morgan fingerprint density at radius 2 is 2.04 bits per heavy atom. The molecule has 2 heterocycles. The number of ether oxygens (including phenoxy) is 1. The number of carbonyl (C=O) groups excluding carboxylic acids is 1. The minimum absolute atomic E-state index is 0.0333. The first-order chi connectivity index (χ1) is 12.2. The molecule has 132 valence electrons. The third kappa shape index (κ3) is 3.90. The third-order valence-electron chi connectivity index (χ3n) is 4.92. The molecule has 4 heteroatoms. The topological polar surface area (TPSA) is 42.4 Å². The number of carbonyl (C=O) groups is 1. The summed E-state index contributed by atoms with van der Waals surface area (Å²) in [4.78, 5) is 19.4. The Hall–Kier alpha value is -2.20. The molecule has 0 aliphatic carbocycles. The summed E-state index contributed by atoms with van der Waals surface area (Å²) in [6, 6.07) is 12.4. The van der Waals surface area contributed by atoms with Crippen molar-refractivity contribution in [1.29, 1.82) is 0 Å². The van der Waals surface area contributed by atoms with Gasteiger partial charge in [0.2, 0.25) is 5.91 Å². The molecule has 1 fully saturated rings. The Bertz CT molecular complexity index is 679. The van der Waals surface area contributed by atoms with Crippen LogP contribution in [0.15, 0.2) is 48.8 Å². The summed E-state index contributed by atoms with van der Waals surface area (Å²) < 4.78 is 5.43. The summed E-state index contributed by atoms with van der Waals surface area (Å²) >= 11 is 0. The van der Waals surface area contributed by atoms with Gasteiger partial charge in [-0.05, 0) is 42.5 Å². The highest BCUT2D eigenvalue weighted by Crippen LogP contribution is 2.31. The molecule has 1 aliphatic heterocycles. The van der Waals surface area contributed by atoms with Gasteiger partial charge in [-0.25, -0.2) is 0 Å². The zero-order valence-electron chi connectivity index (χ0n) is 15.0. The molecular formula is C21H26N2O2. The molecule has 0 unspecified atom stereocenters. The van der Waals surface area contributed by atoms with E-state index in [2.05, 4.69) is 36.2 Å². The van der Waals surface area contributed by atoms with E-state index >= 15 is 0 Å². The Kier molecular flexibility index (Phi) is 5.82. The third-order valence-corrected chi connectivity index (χ3v) is 4.92. The number of aryl methyl sites for hydroxylation is 1. The van der Waals surface area contributed by atoms with Crippen molar-refractivity contribution in [2.75, 3.05) is 19.8 Å². The molecule has 2 aromatic rings. The molecule has 0 N–H and O–H groups in total. The van der Waals surface area contributed by atoms with E-state index in [4.69, 9.17) is 4.74 Å². The second-order valence-corrected chi connectivity index (χ2v) is 6.47. The van der Waals surface area contributed by atoms with Gasteiger partial charge in [-0.3, -0.25) is 9.78 Å². The number of hydrogen-bond acceptors (Lipinski definition) is 3. The smallest absolute Gasteiger partial charge is 0.228 e. The number of pyridine rings is 1. The van der Waals surface area contributed by atoms with Crippen LogP contribution < -0.4 is 0 Å². The lowest BCUT2D eigenvalue weighted by Gasteiger charge is -2.33. The number of hydrogen-bond donors (Lipinski definition) is 0. The largest absolute Gasteiger partial charge is 0.381 e. The Morgan fingerprint density at radius 1 is 1.24 bits per heavy atom. The maximum atomic E-state index is 13.1. The molecule has 3 rings (SSSR count).